The van der Waals surface area contributed by atoms with Crippen molar-refractivity contribution in [2.75, 3.05) is 14.1 Å². The highest BCUT2D eigenvalue weighted by Crippen LogP contribution is 2.29. The van der Waals surface area contributed by atoms with Crippen LogP contribution in [0.1, 0.15) is 40.4 Å². The molecule has 0 aromatic heterocycles. The van der Waals surface area contributed by atoms with E-state index in [2.05, 4.69) is 11.4 Å². The molecule has 5 nitrogen and oxygen atoms in total. The van der Waals surface area contributed by atoms with Gasteiger partial charge in [-0.15, -0.1) is 0 Å². The Morgan fingerprint density at radius 3 is 2.64 bits per heavy atom. The number of sulfonamides is 1. The Kier molecular flexibility index (Phi) is 4.92. The largest absolute Gasteiger partial charge is 0.345 e. The van der Waals surface area contributed by atoms with E-state index in [9.17, 15) is 13.2 Å². The van der Waals surface area contributed by atoms with E-state index in [-0.39, 0.29) is 16.8 Å². The second-order valence-corrected chi connectivity index (χ2v) is 8.58. The van der Waals surface area contributed by atoms with Gasteiger partial charge in [0.2, 0.25) is 10.0 Å². The van der Waals surface area contributed by atoms with Gasteiger partial charge in [-0.05, 0) is 48.6 Å². The molecular weight excluding hydrogens is 336 g/mol. The summed E-state index contributed by atoms with van der Waals surface area (Å²) in [4.78, 5) is 12.8. The fraction of sp³-hybridized carbons (Fsp3) is 0.316. The molecule has 1 atom stereocenters. The van der Waals surface area contributed by atoms with E-state index >= 15 is 0 Å². The number of hydrogen-bond donors (Lipinski definition) is 1. The number of benzene rings is 2. The number of amides is 1. The summed E-state index contributed by atoms with van der Waals surface area (Å²) in [5.41, 5.74) is 2.77. The fourth-order valence-electron chi connectivity index (χ4n) is 3.15. The number of carbonyl (C=O) groups excluding carboxylic acids is 1. The van der Waals surface area contributed by atoms with Gasteiger partial charge in [0.25, 0.3) is 5.91 Å². The third kappa shape index (κ3) is 3.60. The molecule has 2 aromatic carbocycles. The van der Waals surface area contributed by atoms with Crippen LogP contribution in [0.4, 0.5) is 0 Å². The van der Waals surface area contributed by atoms with Gasteiger partial charge in [0, 0.05) is 19.7 Å². The molecule has 0 bridgehead atoms. The molecule has 0 saturated heterocycles. The van der Waals surface area contributed by atoms with Crippen molar-refractivity contribution in [2.24, 2.45) is 0 Å². The first-order chi connectivity index (χ1) is 11.9. The van der Waals surface area contributed by atoms with Crippen LogP contribution >= 0.6 is 0 Å². The highest BCUT2D eigenvalue weighted by atomic mass is 32.2. The predicted octanol–water partition coefficient (Wildman–Crippen LogP) is 2.74. The molecule has 0 unspecified atom stereocenters. The van der Waals surface area contributed by atoms with Crippen LogP contribution in [0, 0.1) is 0 Å². The first-order valence-corrected chi connectivity index (χ1v) is 9.75. The summed E-state index contributed by atoms with van der Waals surface area (Å²) in [5.74, 6) is -0.252. The summed E-state index contributed by atoms with van der Waals surface area (Å²) in [6.45, 7) is 0. The molecule has 0 radical (unpaired) electrons. The fourth-order valence-corrected chi connectivity index (χ4v) is 4.10. The van der Waals surface area contributed by atoms with Crippen molar-refractivity contribution in [3.05, 3.63) is 65.2 Å². The van der Waals surface area contributed by atoms with E-state index in [1.165, 1.54) is 31.8 Å². The van der Waals surface area contributed by atoms with Gasteiger partial charge < -0.3 is 5.32 Å². The number of aryl methyl sites for hydroxylation is 1. The van der Waals surface area contributed by atoms with Crippen LogP contribution in [0.5, 0.6) is 0 Å². The van der Waals surface area contributed by atoms with E-state index in [4.69, 9.17) is 0 Å². The third-order valence-corrected chi connectivity index (χ3v) is 6.36. The normalized spacial score (nSPS) is 17.2. The van der Waals surface area contributed by atoms with Crippen molar-refractivity contribution in [3.63, 3.8) is 0 Å². The van der Waals surface area contributed by atoms with E-state index < -0.39 is 10.0 Å². The minimum Gasteiger partial charge on any atom is -0.345 e. The van der Waals surface area contributed by atoms with Crippen molar-refractivity contribution in [2.45, 2.75) is 30.2 Å². The Hall–Kier alpha value is -2.18. The van der Waals surface area contributed by atoms with Crippen LogP contribution in [0.3, 0.4) is 0 Å². The Balaban J connectivity index is 1.84. The molecule has 0 fully saturated rings. The minimum atomic E-state index is -3.56. The van der Waals surface area contributed by atoms with Gasteiger partial charge in [0.05, 0.1) is 10.9 Å². The van der Waals surface area contributed by atoms with Gasteiger partial charge in [-0.3, -0.25) is 4.79 Å². The predicted molar refractivity (Wildman–Crippen MR) is 96.9 cm³/mol. The van der Waals surface area contributed by atoms with Crippen molar-refractivity contribution < 1.29 is 13.2 Å². The third-order valence-electron chi connectivity index (χ3n) is 4.55. The SMILES string of the molecule is CN(C)S(=O)(=O)c1cccc(C(=O)N[C@@H]2CCCc3ccccc32)c1. The smallest absolute Gasteiger partial charge is 0.251 e. The maximum atomic E-state index is 12.7. The van der Waals surface area contributed by atoms with Gasteiger partial charge in [-0.25, -0.2) is 12.7 Å². The lowest BCUT2D eigenvalue weighted by Gasteiger charge is -2.26. The highest BCUT2D eigenvalue weighted by molar-refractivity contribution is 7.89. The van der Waals surface area contributed by atoms with Crippen molar-refractivity contribution in [1.29, 1.82) is 0 Å². The van der Waals surface area contributed by atoms with Gasteiger partial charge >= 0.3 is 0 Å². The number of nitrogens with zero attached hydrogens (tertiary/aromatic N) is 1. The number of rotatable bonds is 4. The second kappa shape index (κ2) is 6.98. The summed E-state index contributed by atoms with van der Waals surface area (Å²) >= 11 is 0. The zero-order valence-electron chi connectivity index (χ0n) is 14.4. The summed E-state index contributed by atoms with van der Waals surface area (Å²) < 4.78 is 25.6. The topological polar surface area (TPSA) is 66.5 Å². The van der Waals surface area contributed by atoms with E-state index in [1.807, 2.05) is 18.2 Å². The maximum absolute atomic E-state index is 12.7. The number of carbonyl (C=O) groups is 1. The molecule has 1 aliphatic rings. The summed E-state index contributed by atoms with van der Waals surface area (Å²) in [6, 6.07) is 14.3. The monoisotopic (exact) mass is 358 g/mol. The molecule has 132 valence electrons. The molecule has 1 N–H and O–H groups in total. The molecule has 0 spiro atoms. The van der Waals surface area contributed by atoms with Crippen LogP contribution in [-0.4, -0.2) is 32.7 Å². The molecule has 25 heavy (non-hydrogen) atoms. The van der Waals surface area contributed by atoms with Gasteiger partial charge in [0.1, 0.15) is 0 Å². The molecule has 0 saturated carbocycles. The lowest BCUT2D eigenvalue weighted by Crippen LogP contribution is -2.31. The molecular formula is C19H22N2O3S. The zero-order chi connectivity index (χ0) is 18.0. The van der Waals surface area contributed by atoms with Crippen LogP contribution in [-0.2, 0) is 16.4 Å². The average Bonchev–Trinajstić information content (AvgIpc) is 2.62. The lowest BCUT2D eigenvalue weighted by molar-refractivity contribution is 0.0932. The average molecular weight is 358 g/mol. The van der Waals surface area contributed by atoms with E-state index in [0.29, 0.717) is 5.56 Å². The van der Waals surface area contributed by atoms with Gasteiger partial charge in [0.15, 0.2) is 0 Å². The van der Waals surface area contributed by atoms with E-state index in [0.717, 1.165) is 29.1 Å². The number of hydrogen-bond acceptors (Lipinski definition) is 3. The zero-order valence-corrected chi connectivity index (χ0v) is 15.2. The minimum absolute atomic E-state index is 0.0356. The maximum Gasteiger partial charge on any atom is 0.251 e. The lowest BCUT2D eigenvalue weighted by atomic mass is 9.87. The summed E-state index contributed by atoms with van der Waals surface area (Å²) in [6.07, 6.45) is 2.94. The highest BCUT2D eigenvalue weighted by Gasteiger charge is 2.23. The van der Waals surface area contributed by atoms with Crippen LogP contribution in [0.25, 0.3) is 0 Å². The Morgan fingerprint density at radius 1 is 1.12 bits per heavy atom. The molecule has 3 rings (SSSR count). The Morgan fingerprint density at radius 2 is 1.88 bits per heavy atom. The molecule has 1 amide bonds. The molecule has 2 aromatic rings. The van der Waals surface area contributed by atoms with Crippen LogP contribution in [0.15, 0.2) is 53.4 Å². The first kappa shape index (κ1) is 17.6. The van der Waals surface area contributed by atoms with Gasteiger partial charge in [-0.1, -0.05) is 30.3 Å². The second-order valence-electron chi connectivity index (χ2n) is 6.43. The van der Waals surface area contributed by atoms with Crippen LogP contribution in [0.2, 0.25) is 0 Å². The van der Waals surface area contributed by atoms with Crippen molar-refractivity contribution in [1.82, 2.24) is 9.62 Å². The summed E-state index contributed by atoms with van der Waals surface area (Å²) in [5, 5.41) is 3.05. The number of nitrogens with one attached hydrogen (secondary N) is 1. The standard InChI is InChI=1S/C19H22N2O3S/c1-21(2)25(23,24)16-10-5-9-15(13-16)19(22)20-18-12-6-8-14-7-3-4-11-17(14)18/h3-5,7,9-11,13,18H,6,8,12H2,1-2H3,(H,20,22)/t18-/m1/s1. The molecule has 0 heterocycles. The number of fused-ring (bicyclic) bond motifs is 1. The van der Waals surface area contributed by atoms with Gasteiger partial charge in [-0.2, -0.15) is 0 Å². The van der Waals surface area contributed by atoms with Crippen LogP contribution < -0.4 is 5.32 Å². The quantitative estimate of drug-likeness (QED) is 0.914. The summed E-state index contributed by atoms with van der Waals surface area (Å²) in [7, 11) is -0.615. The molecule has 1 aliphatic carbocycles. The van der Waals surface area contributed by atoms with Crippen molar-refractivity contribution >= 4 is 15.9 Å². The molecule has 6 heteroatoms. The van der Waals surface area contributed by atoms with Crippen molar-refractivity contribution in [3.8, 4) is 0 Å². The first-order valence-electron chi connectivity index (χ1n) is 8.31. The Labute approximate surface area is 148 Å². The van der Waals surface area contributed by atoms with E-state index in [1.54, 1.807) is 12.1 Å². The molecule has 0 aliphatic heterocycles. The Bertz CT molecular complexity index is 891.